The van der Waals surface area contributed by atoms with Crippen LogP contribution >= 0.6 is 11.3 Å². The smallest absolute Gasteiger partial charge is 0.459 e. The summed E-state index contributed by atoms with van der Waals surface area (Å²) in [6.07, 6.45) is -0.622. The third kappa shape index (κ3) is 3.51. The monoisotopic (exact) mass is 389 g/mol. The molecule has 0 amide bonds. The van der Waals surface area contributed by atoms with Crippen LogP contribution in [0.5, 0.6) is 5.75 Å². The van der Waals surface area contributed by atoms with Crippen molar-refractivity contribution in [1.82, 2.24) is 4.98 Å². The molecule has 7 heteroatoms. The molecule has 4 nitrogen and oxygen atoms in total. The van der Waals surface area contributed by atoms with Crippen molar-refractivity contribution >= 4 is 27.5 Å². The Morgan fingerprint density at radius 2 is 1.89 bits per heavy atom. The van der Waals surface area contributed by atoms with Gasteiger partial charge in [-0.15, -0.1) is 11.3 Å². The lowest BCUT2D eigenvalue weighted by Crippen LogP contribution is -2.36. The molecule has 0 aliphatic heterocycles. The number of esters is 1. The maximum Gasteiger partial charge on any atom is 0.502 e. The fraction of sp³-hybridized carbons (Fsp3) is 0.300. The fourth-order valence-corrected chi connectivity index (χ4v) is 4.20. The zero-order valence-electron chi connectivity index (χ0n) is 14.6. The van der Waals surface area contributed by atoms with Crippen LogP contribution in [0.3, 0.4) is 0 Å². The van der Waals surface area contributed by atoms with Crippen molar-refractivity contribution in [3.05, 3.63) is 47.5 Å². The normalized spacial score (nSPS) is 13.6. The first-order chi connectivity index (χ1) is 13.0. The Kier molecular flexibility index (Phi) is 4.55. The van der Waals surface area contributed by atoms with E-state index < -0.39 is 12.1 Å². The second-order valence-corrected chi connectivity index (χ2v) is 7.36. The largest absolute Gasteiger partial charge is 0.502 e. The maximum absolute atomic E-state index is 13.7. The van der Waals surface area contributed by atoms with E-state index in [2.05, 4.69) is 26.6 Å². The molecule has 0 fully saturated rings. The van der Waals surface area contributed by atoms with Crippen LogP contribution < -0.4 is 4.74 Å². The Labute approximate surface area is 158 Å². The molecule has 140 valence electrons. The lowest BCUT2D eigenvalue weighted by Gasteiger charge is -2.15. The second kappa shape index (κ2) is 6.88. The Hall–Kier alpha value is -2.54. The molecular weight excluding hydrogens is 372 g/mol. The van der Waals surface area contributed by atoms with Gasteiger partial charge < -0.3 is 9.47 Å². The molecule has 27 heavy (non-hydrogen) atoms. The minimum absolute atomic E-state index is 0.114. The summed E-state index contributed by atoms with van der Waals surface area (Å²) in [4.78, 5) is 15.9. The van der Waals surface area contributed by atoms with Crippen LogP contribution in [-0.2, 0) is 22.4 Å². The lowest BCUT2D eigenvalue weighted by atomic mass is 10.1. The highest BCUT2D eigenvalue weighted by molar-refractivity contribution is 7.21. The number of aryl methyl sites for hydroxylation is 2. The number of rotatable bonds is 5. The third-order valence-electron chi connectivity index (χ3n) is 4.46. The average molecular weight is 389 g/mol. The van der Waals surface area contributed by atoms with Gasteiger partial charge in [-0.25, -0.2) is 9.78 Å². The number of hydrogen-bond donors (Lipinski definition) is 0. The van der Waals surface area contributed by atoms with E-state index in [4.69, 9.17) is 0 Å². The zero-order valence-corrected chi connectivity index (χ0v) is 15.4. The first-order valence-corrected chi connectivity index (χ1v) is 9.55. The average Bonchev–Trinajstić information content (AvgIpc) is 3.25. The molecular formula is C20H17F2NO3S. The van der Waals surface area contributed by atoms with Gasteiger partial charge in [0.25, 0.3) is 0 Å². The summed E-state index contributed by atoms with van der Waals surface area (Å²) in [6.45, 7) is 1.31. The maximum atomic E-state index is 13.7. The molecule has 0 radical (unpaired) electrons. The minimum atomic E-state index is -4.02. The van der Waals surface area contributed by atoms with Crippen molar-refractivity contribution in [3.8, 4) is 16.3 Å². The Balaban J connectivity index is 1.55. The molecule has 0 saturated heterocycles. The molecule has 0 bridgehead atoms. The summed E-state index contributed by atoms with van der Waals surface area (Å²) >= 11 is 1.57. The van der Waals surface area contributed by atoms with Crippen molar-refractivity contribution in [2.24, 2.45) is 0 Å². The number of carbonyl (C=O) groups is 1. The molecule has 0 saturated carbocycles. The molecule has 0 spiro atoms. The van der Waals surface area contributed by atoms with E-state index in [0.29, 0.717) is 0 Å². The number of ether oxygens (including phenoxy) is 2. The van der Waals surface area contributed by atoms with Gasteiger partial charge in [0.1, 0.15) is 10.8 Å². The lowest BCUT2D eigenvalue weighted by molar-refractivity contribution is -0.216. The van der Waals surface area contributed by atoms with Crippen molar-refractivity contribution in [2.75, 3.05) is 6.61 Å². The van der Waals surface area contributed by atoms with E-state index in [0.717, 1.165) is 33.6 Å². The number of alkyl halides is 2. The first-order valence-electron chi connectivity index (χ1n) is 8.73. The van der Waals surface area contributed by atoms with Crippen LogP contribution in [-0.4, -0.2) is 23.7 Å². The van der Waals surface area contributed by atoms with E-state index in [9.17, 15) is 13.6 Å². The van der Waals surface area contributed by atoms with Gasteiger partial charge in [0.05, 0.1) is 16.8 Å². The van der Waals surface area contributed by atoms with Gasteiger partial charge in [-0.3, -0.25) is 0 Å². The quantitative estimate of drug-likeness (QED) is 0.577. The van der Waals surface area contributed by atoms with Gasteiger partial charge in [0.2, 0.25) is 0 Å². The zero-order chi connectivity index (χ0) is 19.0. The predicted octanol–water partition coefficient (Wildman–Crippen LogP) is 4.99. The summed E-state index contributed by atoms with van der Waals surface area (Å²) in [5.74, 6) is -1.81. The van der Waals surface area contributed by atoms with E-state index in [1.54, 1.807) is 23.5 Å². The number of aromatic nitrogens is 1. The number of nitrogens with zero attached hydrogens (tertiary/aromatic N) is 1. The van der Waals surface area contributed by atoms with Gasteiger partial charge in [-0.1, -0.05) is 0 Å². The molecule has 2 aromatic carbocycles. The molecule has 1 heterocycles. The summed E-state index contributed by atoms with van der Waals surface area (Å²) in [5.41, 5.74) is 4.53. The van der Waals surface area contributed by atoms with Crippen LogP contribution in [0.4, 0.5) is 8.78 Å². The van der Waals surface area contributed by atoms with Crippen molar-refractivity contribution in [1.29, 1.82) is 0 Å². The summed E-state index contributed by atoms with van der Waals surface area (Å²) < 4.78 is 37.3. The van der Waals surface area contributed by atoms with Gasteiger partial charge in [-0.2, -0.15) is 8.78 Å². The highest BCUT2D eigenvalue weighted by Gasteiger charge is 2.44. The summed E-state index contributed by atoms with van der Waals surface area (Å²) in [5, 5.41) is 0.817. The van der Waals surface area contributed by atoms with E-state index >= 15 is 0 Å². The number of thiazole rings is 1. The fourth-order valence-electron chi connectivity index (χ4n) is 3.19. The number of benzene rings is 2. The number of hydrogen-bond acceptors (Lipinski definition) is 5. The Morgan fingerprint density at radius 3 is 2.59 bits per heavy atom. The van der Waals surface area contributed by atoms with Crippen LogP contribution in [0.1, 0.15) is 24.5 Å². The predicted molar refractivity (Wildman–Crippen MR) is 99.3 cm³/mol. The van der Waals surface area contributed by atoms with Crippen molar-refractivity contribution in [3.63, 3.8) is 0 Å². The Bertz CT molecular complexity index is 957. The third-order valence-corrected chi connectivity index (χ3v) is 5.53. The van der Waals surface area contributed by atoms with E-state index in [1.807, 2.05) is 0 Å². The van der Waals surface area contributed by atoms with Crippen LogP contribution in [0.2, 0.25) is 0 Å². The Morgan fingerprint density at radius 1 is 1.19 bits per heavy atom. The van der Waals surface area contributed by atoms with Gasteiger partial charge in [0.15, 0.2) is 0 Å². The van der Waals surface area contributed by atoms with Gasteiger partial charge in [0, 0.05) is 5.56 Å². The highest BCUT2D eigenvalue weighted by atomic mass is 32.1. The second-order valence-electron chi connectivity index (χ2n) is 6.32. The van der Waals surface area contributed by atoms with Crippen LogP contribution in [0, 0.1) is 0 Å². The van der Waals surface area contributed by atoms with E-state index in [-0.39, 0.29) is 12.4 Å². The van der Waals surface area contributed by atoms with Gasteiger partial charge in [-0.05, 0) is 73.7 Å². The number of halogens is 2. The molecule has 1 aromatic heterocycles. The molecule has 0 N–H and O–H groups in total. The minimum Gasteiger partial charge on any atom is -0.459 e. The SMILES string of the molecule is CCOC(=O)C(F)(F)Oc1ccc(-c2nc3cc4c(cc3s2)CCC4)cc1. The van der Waals surface area contributed by atoms with Crippen LogP contribution in [0.25, 0.3) is 20.8 Å². The standard InChI is InChI=1S/C20H17F2NO3S/c1-2-25-19(24)20(21,22)26-15-8-6-12(7-9-15)18-23-16-10-13-4-3-5-14(13)11-17(16)27-18/h6-11H,2-5H2,1H3. The number of carbonyl (C=O) groups excluding carboxylic acids is 1. The van der Waals surface area contributed by atoms with Crippen molar-refractivity contribution < 1.29 is 23.0 Å². The molecule has 4 rings (SSSR count). The van der Waals surface area contributed by atoms with Gasteiger partial charge >= 0.3 is 12.1 Å². The molecule has 1 aliphatic carbocycles. The molecule has 1 aliphatic rings. The molecule has 3 aromatic rings. The summed E-state index contributed by atoms with van der Waals surface area (Å²) in [6, 6.07) is 10.5. The molecule has 0 unspecified atom stereocenters. The van der Waals surface area contributed by atoms with E-state index in [1.165, 1.54) is 36.6 Å². The summed E-state index contributed by atoms with van der Waals surface area (Å²) in [7, 11) is 0. The number of fused-ring (bicyclic) bond motifs is 2. The molecule has 0 atom stereocenters. The van der Waals surface area contributed by atoms with Crippen LogP contribution in [0.15, 0.2) is 36.4 Å². The highest BCUT2D eigenvalue weighted by Crippen LogP contribution is 2.35. The first kappa shape index (κ1) is 17.9. The van der Waals surface area contributed by atoms with Crippen molar-refractivity contribution in [2.45, 2.75) is 32.3 Å². The topological polar surface area (TPSA) is 48.4 Å².